The molecule has 0 atom stereocenters. The van der Waals surface area contributed by atoms with Crippen LogP contribution < -0.4 is 19.7 Å². The minimum absolute atomic E-state index is 0.0233. The maximum atomic E-state index is 15.4. The minimum Gasteiger partial charge on any atom is -0.455 e. The first-order valence-electron chi connectivity index (χ1n) is 21.0. The van der Waals surface area contributed by atoms with Gasteiger partial charge in [0.15, 0.2) is 0 Å². The van der Waals surface area contributed by atoms with Gasteiger partial charge in [-0.25, -0.2) is 22.5 Å². The van der Waals surface area contributed by atoms with Gasteiger partial charge in [0.2, 0.25) is 0 Å². The van der Waals surface area contributed by atoms with E-state index < -0.39 is 37.1 Å². The summed E-state index contributed by atoms with van der Waals surface area (Å²) in [6.07, 6.45) is 9.28. The van der Waals surface area contributed by atoms with Crippen molar-refractivity contribution in [3.63, 3.8) is 0 Å². The number of piperidine rings is 1. The zero-order valence-corrected chi connectivity index (χ0v) is 36.4. The molecule has 14 nitrogen and oxygen atoms in total. The molecule has 0 spiro atoms. The van der Waals surface area contributed by atoms with Gasteiger partial charge in [0.05, 0.1) is 21.6 Å². The van der Waals surface area contributed by atoms with Crippen LogP contribution in [-0.4, -0.2) is 104 Å². The molecule has 0 saturated carbocycles. The standard InChI is InChI=1S/C45H57FN8O6S/c1-31(2)6-7-33-27-44(3,4)14-12-34(33)29-52-20-22-53(23-21-52)35-8-10-38(41(25-35)60-36-24-32-13-17-47-42(32)48-28-36)43(55)50-61(58,59)37-9-11-39(40(26-37)54(56)57)49-30-45(46)15-18-51(5)19-16-45/h8-11,13,17,24-26,28,49H,1,6-7,12,14-16,18-23,27,29-30H2,2-5H3,(H,47,48)(H,50,55). The number of alkyl halides is 1. The Bertz CT molecular complexity index is 2430. The molecular weight excluding hydrogens is 800 g/mol. The number of ether oxygens (including phenoxy) is 1. The van der Waals surface area contributed by atoms with Crippen LogP contribution >= 0.6 is 0 Å². The molecule has 2 saturated heterocycles. The maximum absolute atomic E-state index is 15.4. The summed E-state index contributed by atoms with van der Waals surface area (Å²) in [4.78, 5) is 38.9. The van der Waals surface area contributed by atoms with E-state index in [4.69, 9.17) is 4.74 Å². The van der Waals surface area contributed by atoms with E-state index in [9.17, 15) is 23.3 Å². The fraction of sp³-hybridized carbons (Fsp3) is 0.467. The SMILES string of the molecule is C=C(C)CCC1=C(CN2CCN(c3ccc(C(=O)NS(=O)(=O)c4ccc(NCC5(F)CCN(C)CC5)c([N+](=O)[O-])c4)c(Oc4cnc5[nH]ccc5c4)c3)CC2)CCC(C)(C)C1. The van der Waals surface area contributed by atoms with Gasteiger partial charge in [-0.1, -0.05) is 30.6 Å². The number of nitro benzene ring substituents is 1. The van der Waals surface area contributed by atoms with Crippen LogP contribution in [0.4, 0.5) is 21.5 Å². The molecular formula is C45H57FN8O6S. The predicted octanol–water partition coefficient (Wildman–Crippen LogP) is 8.21. The number of pyridine rings is 1. The number of anilines is 2. The number of halogens is 1. The van der Waals surface area contributed by atoms with E-state index in [0.717, 1.165) is 81.6 Å². The van der Waals surface area contributed by atoms with Crippen molar-refractivity contribution in [1.82, 2.24) is 24.5 Å². The number of piperazine rings is 1. The summed E-state index contributed by atoms with van der Waals surface area (Å²) in [6.45, 7) is 16.0. The number of nitrogens with zero attached hydrogens (tertiary/aromatic N) is 5. The lowest BCUT2D eigenvalue weighted by Gasteiger charge is -2.39. The molecule has 2 aromatic carbocycles. The van der Waals surface area contributed by atoms with Crippen LogP contribution in [0.1, 0.15) is 76.1 Å². The Morgan fingerprint density at radius 3 is 2.51 bits per heavy atom. The number of fused-ring (bicyclic) bond motifs is 1. The van der Waals surface area contributed by atoms with E-state index >= 15 is 4.39 Å². The number of hydrogen-bond donors (Lipinski definition) is 3. The number of nitrogens with one attached hydrogen (secondary N) is 3. The predicted molar refractivity (Wildman–Crippen MR) is 237 cm³/mol. The second kappa shape index (κ2) is 18.0. The summed E-state index contributed by atoms with van der Waals surface area (Å²) in [5.41, 5.74) is 3.90. The first kappa shape index (κ1) is 43.8. The van der Waals surface area contributed by atoms with Gasteiger partial charge >= 0.3 is 0 Å². The Hall–Kier alpha value is -5.32. The number of benzene rings is 2. The lowest BCUT2D eigenvalue weighted by molar-refractivity contribution is -0.384. The van der Waals surface area contributed by atoms with E-state index in [2.05, 4.69) is 57.2 Å². The van der Waals surface area contributed by atoms with Gasteiger partial charge in [-0.3, -0.25) is 19.8 Å². The number of aromatic nitrogens is 2. The van der Waals surface area contributed by atoms with Crippen molar-refractivity contribution in [2.75, 3.05) is 69.6 Å². The van der Waals surface area contributed by atoms with E-state index in [1.54, 1.807) is 35.5 Å². The normalized spacial score (nSPS) is 18.5. The number of rotatable bonds is 15. The molecule has 2 fully saturated rings. The van der Waals surface area contributed by atoms with Crippen LogP contribution in [0.5, 0.6) is 11.5 Å². The smallest absolute Gasteiger partial charge is 0.293 e. The fourth-order valence-corrected chi connectivity index (χ4v) is 9.44. The molecule has 0 unspecified atom stereocenters. The highest BCUT2D eigenvalue weighted by Crippen LogP contribution is 2.41. The highest BCUT2D eigenvalue weighted by Gasteiger charge is 2.35. The molecule has 0 radical (unpaired) electrons. The average molecular weight is 857 g/mol. The first-order chi connectivity index (χ1) is 29.0. The Labute approximate surface area is 357 Å². The number of amides is 1. The third-order valence-electron chi connectivity index (χ3n) is 12.3. The second-order valence-electron chi connectivity index (χ2n) is 17.8. The largest absolute Gasteiger partial charge is 0.455 e. The van der Waals surface area contributed by atoms with Gasteiger partial charge < -0.3 is 24.8 Å². The quantitative estimate of drug-likeness (QED) is 0.0599. The van der Waals surface area contributed by atoms with E-state index in [1.807, 2.05) is 18.0 Å². The van der Waals surface area contributed by atoms with Crippen molar-refractivity contribution in [2.24, 2.45) is 5.41 Å². The molecule has 2 aliphatic heterocycles. The number of nitro groups is 1. The van der Waals surface area contributed by atoms with Crippen molar-refractivity contribution in [2.45, 2.75) is 76.3 Å². The molecule has 1 aliphatic carbocycles. The molecule has 3 aliphatic rings. The number of carbonyl (C=O) groups excluding carboxylic acids is 1. The van der Waals surface area contributed by atoms with Crippen molar-refractivity contribution >= 4 is 44.0 Å². The van der Waals surface area contributed by atoms with Gasteiger partial charge in [-0.15, -0.1) is 6.58 Å². The Morgan fingerprint density at radius 1 is 1.03 bits per heavy atom. The summed E-state index contributed by atoms with van der Waals surface area (Å²) in [5, 5.41) is 15.7. The number of sulfonamides is 1. The van der Waals surface area contributed by atoms with E-state index in [1.165, 1.54) is 30.3 Å². The number of allylic oxidation sites excluding steroid dienone is 2. The van der Waals surface area contributed by atoms with Crippen LogP contribution in [0.2, 0.25) is 0 Å². The summed E-state index contributed by atoms with van der Waals surface area (Å²) in [5.74, 6) is -0.535. The van der Waals surface area contributed by atoms with Crippen molar-refractivity contribution in [3.05, 3.63) is 99.9 Å². The number of hydrogen-bond acceptors (Lipinski definition) is 11. The summed E-state index contributed by atoms with van der Waals surface area (Å²) in [6, 6.07) is 11.9. The molecule has 2 aromatic heterocycles. The van der Waals surface area contributed by atoms with Gasteiger partial charge in [0, 0.05) is 81.8 Å². The van der Waals surface area contributed by atoms with Crippen molar-refractivity contribution in [1.29, 1.82) is 0 Å². The van der Waals surface area contributed by atoms with E-state index in [-0.39, 0.29) is 36.4 Å². The Balaban J connectivity index is 1.08. The van der Waals surface area contributed by atoms with Crippen molar-refractivity contribution < 1.29 is 27.3 Å². The van der Waals surface area contributed by atoms with Crippen LogP contribution in [0.25, 0.3) is 11.0 Å². The molecule has 3 N–H and O–H groups in total. The van der Waals surface area contributed by atoms with Gasteiger partial charge in [0.1, 0.15) is 28.5 Å². The highest BCUT2D eigenvalue weighted by atomic mass is 32.2. The number of aromatic amines is 1. The molecule has 1 amide bonds. The summed E-state index contributed by atoms with van der Waals surface area (Å²) >= 11 is 0. The number of H-pyrrole nitrogens is 1. The van der Waals surface area contributed by atoms with Gasteiger partial charge in [-0.2, -0.15) is 0 Å². The summed E-state index contributed by atoms with van der Waals surface area (Å²) in [7, 11) is -2.72. The molecule has 4 heterocycles. The topological polar surface area (TPSA) is 166 Å². The fourth-order valence-electron chi connectivity index (χ4n) is 8.46. The zero-order chi connectivity index (χ0) is 43.5. The van der Waals surface area contributed by atoms with Crippen molar-refractivity contribution in [3.8, 4) is 11.5 Å². The zero-order valence-electron chi connectivity index (χ0n) is 35.6. The highest BCUT2D eigenvalue weighted by molar-refractivity contribution is 7.90. The second-order valence-corrected chi connectivity index (χ2v) is 19.5. The lowest BCUT2D eigenvalue weighted by Crippen LogP contribution is -2.47. The molecule has 4 aromatic rings. The molecule has 16 heteroatoms. The number of likely N-dealkylation sites (tertiary alicyclic amines) is 1. The van der Waals surface area contributed by atoms with Crippen LogP contribution in [-0.2, 0) is 10.0 Å². The van der Waals surface area contributed by atoms with Crippen LogP contribution in [0.15, 0.2) is 89.1 Å². The molecule has 326 valence electrons. The third kappa shape index (κ3) is 10.8. The number of carbonyl (C=O) groups is 1. The molecule has 7 rings (SSSR count). The van der Waals surface area contributed by atoms with Gasteiger partial charge in [0.25, 0.3) is 21.6 Å². The third-order valence-corrected chi connectivity index (χ3v) is 13.6. The minimum atomic E-state index is -4.62. The van der Waals surface area contributed by atoms with E-state index in [0.29, 0.717) is 29.9 Å². The molecule has 61 heavy (non-hydrogen) atoms. The Morgan fingerprint density at radius 2 is 1.79 bits per heavy atom. The average Bonchev–Trinajstić information content (AvgIpc) is 3.69. The van der Waals surface area contributed by atoms with Crippen LogP contribution in [0, 0.1) is 15.5 Å². The Kier molecular flexibility index (Phi) is 12.9. The lowest BCUT2D eigenvalue weighted by atomic mass is 9.73. The maximum Gasteiger partial charge on any atom is 0.293 e. The first-order valence-corrected chi connectivity index (χ1v) is 22.5. The molecule has 0 bridgehead atoms. The van der Waals surface area contributed by atoms with Crippen LogP contribution in [0.3, 0.4) is 0 Å². The summed E-state index contributed by atoms with van der Waals surface area (Å²) < 4.78 is 51.1. The monoisotopic (exact) mass is 856 g/mol. The van der Waals surface area contributed by atoms with Gasteiger partial charge in [-0.05, 0) is 101 Å².